The molecule has 0 saturated carbocycles. The van der Waals surface area contributed by atoms with Gasteiger partial charge in [-0.05, 0) is 47.7 Å². The van der Waals surface area contributed by atoms with Crippen LogP contribution in [0.3, 0.4) is 0 Å². The summed E-state index contributed by atoms with van der Waals surface area (Å²) in [6.07, 6.45) is -3.13. The van der Waals surface area contributed by atoms with E-state index in [9.17, 15) is 27.6 Å². The molecule has 0 atom stereocenters. The Morgan fingerprint density at radius 1 is 1.04 bits per heavy atom. The van der Waals surface area contributed by atoms with Crippen LogP contribution in [0.4, 0.5) is 18.0 Å². The third kappa shape index (κ3) is 4.53. The topological polar surface area (TPSA) is 54.5 Å². The summed E-state index contributed by atoms with van der Waals surface area (Å²) in [5.41, 5.74) is -0.107. The molecule has 0 radical (unpaired) electrons. The van der Waals surface area contributed by atoms with E-state index in [-0.39, 0.29) is 4.91 Å². The number of carbonyl (C=O) groups excluding carboxylic acids is 3. The highest BCUT2D eigenvalue weighted by molar-refractivity contribution is 9.10. The quantitative estimate of drug-likeness (QED) is 0.445. The van der Waals surface area contributed by atoms with Gasteiger partial charge in [-0.15, -0.1) is 0 Å². The first-order valence-electron chi connectivity index (χ1n) is 7.86. The number of carbonyl (C=O) groups is 3. The van der Waals surface area contributed by atoms with E-state index in [0.29, 0.717) is 22.9 Å². The second-order valence-electron chi connectivity index (χ2n) is 5.82. The molecule has 0 N–H and O–H groups in total. The number of hydrogen-bond donors (Lipinski definition) is 0. The average Bonchev–Trinajstić information content (AvgIpc) is 2.89. The lowest BCUT2D eigenvalue weighted by atomic mass is 10.1. The number of halogens is 4. The smallest absolute Gasteiger partial charge is 0.292 e. The normalized spacial score (nSPS) is 16.1. The fourth-order valence-corrected chi connectivity index (χ4v) is 3.53. The summed E-state index contributed by atoms with van der Waals surface area (Å²) >= 11 is 3.90. The van der Waals surface area contributed by atoms with Gasteiger partial charge in [-0.3, -0.25) is 19.3 Å². The van der Waals surface area contributed by atoms with Crippen molar-refractivity contribution in [1.82, 2.24) is 4.90 Å². The van der Waals surface area contributed by atoms with Gasteiger partial charge >= 0.3 is 6.18 Å². The van der Waals surface area contributed by atoms with Crippen LogP contribution in [-0.4, -0.2) is 28.4 Å². The Kier molecular flexibility index (Phi) is 5.76. The first-order chi connectivity index (χ1) is 13.1. The third-order valence-electron chi connectivity index (χ3n) is 3.88. The molecule has 4 nitrogen and oxygen atoms in total. The molecule has 1 fully saturated rings. The van der Waals surface area contributed by atoms with Gasteiger partial charge in [0, 0.05) is 10.0 Å². The Labute approximate surface area is 170 Å². The van der Waals surface area contributed by atoms with Crippen molar-refractivity contribution >= 4 is 50.7 Å². The molecule has 0 spiro atoms. The van der Waals surface area contributed by atoms with Crippen LogP contribution in [0.5, 0.6) is 0 Å². The van der Waals surface area contributed by atoms with E-state index in [4.69, 9.17) is 0 Å². The maximum Gasteiger partial charge on any atom is 0.416 e. The summed E-state index contributed by atoms with van der Waals surface area (Å²) in [5.74, 6) is -1.05. The second kappa shape index (κ2) is 7.92. The molecule has 1 aliphatic heterocycles. The molecule has 2 aromatic carbocycles. The molecule has 1 heterocycles. The standard InChI is InChI=1S/C19H11BrF3NO3S/c20-14-7-3-12(4-8-14)15(25)10-24-17(26)16(28-18(24)27)9-11-1-5-13(6-2-11)19(21,22)23/h1-9H,10H2/b16-9-. The molecule has 144 valence electrons. The van der Waals surface area contributed by atoms with Crippen molar-refractivity contribution in [3.8, 4) is 0 Å². The fraction of sp³-hybridized carbons (Fsp3) is 0.105. The highest BCUT2D eigenvalue weighted by Crippen LogP contribution is 2.33. The molecule has 3 rings (SSSR count). The first-order valence-corrected chi connectivity index (χ1v) is 9.47. The molecule has 0 unspecified atom stereocenters. The van der Waals surface area contributed by atoms with Crippen LogP contribution in [0.2, 0.25) is 0 Å². The van der Waals surface area contributed by atoms with Crippen molar-refractivity contribution in [2.75, 3.05) is 6.54 Å². The predicted octanol–water partition coefficient (Wildman–Crippen LogP) is 5.39. The van der Waals surface area contributed by atoms with E-state index in [0.717, 1.165) is 21.5 Å². The highest BCUT2D eigenvalue weighted by Gasteiger charge is 2.36. The molecule has 1 aliphatic rings. The van der Waals surface area contributed by atoms with Crippen molar-refractivity contribution < 1.29 is 27.6 Å². The number of benzene rings is 2. The Morgan fingerprint density at radius 2 is 1.64 bits per heavy atom. The van der Waals surface area contributed by atoms with Crippen LogP contribution in [0.15, 0.2) is 57.9 Å². The zero-order valence-corrected chi connectivity index (χ0v) is 16.4. The van der Waals surface area contributed by atoms with E-state index in [2.05, 4.69) is 15.9 Å². The van der Waals surface area contributed by atoms with Crippen LogP contribution in [0, 0.1) is 0 Å². The van der Waals surface area contributed by atoms with Gasteiger partial charge in [0.25, 0.3) is 11.1 Å². The minimum atomic E-state index is -4.45. The number of thioether (sulfide) groups is 1. The van der Waals surface area contributed by atoms with Crippen LogP contribution >= 0.6 is 27.7 Å². The van der Waals surface area contributed by atoms with E-state index >= 15 is 0 Å². The lowest BCUT2D eigenvalue weighted by molar-refractivity contribution is -0.137. The van der Waals surface area contributed by atoms with Gasteiger partial charge in [-0.1, -0.05) is 40.2 Å². The minimum Gasteiger partial charge on any atom is -0.292 e. The van der Waals surface area contributed by atoms with Crippen molar-refractivity contribution in [3.63, 3.8) is 0 Å². The first kappa shape index (κ1) is 20.3. The number of alkyl halides is 3. The summed E-state index contributed by atoms with van der Waals surface area (Å²) < 4.78 is 38.6. The van der Waals surface area contributed by atoms with Gasteiger partial charge in [0.2, 0.25) is 0 Å². The summed E-state index contributed by atoms with van der Waals surface area (Å²) in [6.45, 7) is -0.406. The monoisotopic (exact) mass is 469 g/mol. The van der Waals surface area contributed by atoms with Gasteiger partial charge in [0.1, 0.15) is 0 Å². The van der Waals surface area contributed by atoms with Gasteiger partial charge in [0.15, 0.2) is 5.78 Å². The summed E-state index contributed by atoms with van der Waals surface area (Å²) in [7, 11) is 0. The highest BCUT2D eigenvalue weighted by atomic mass is 79.9. The van der Waals surface area contributed by atoms with Gasteiger partial charge in [-0.2, -0.15) is 13.2 Å². The molecular weight excluding hydrogens is 459 g/mol. The van der Waals surface area contributed by atoms with Crippen LogP contribution < -0.4 is 0 Å². The van der Waals surface area contributed by atoms with Crippen molar-refractivity contribution in [3.05, 3.63) is 74.6 Å². The Morgan fingerprint density at radius 3 is 2.21 bits per heavy atom. The molecule has 0 bridgehead atoms. The third-order valence-corrected chi connectivity index (χ3v) is 5.31. The molecule has 0 aliphatic carbocycles. The number of ketones is 1. The fourth-order valence-electron chi connectivity index (χ4n) is 2.43. The van der Waals surface area contributed by atoms with Crippen LogP contribution in [-0.2, 0) is 11.0 Å². The SMILES string of the molecule is O=C(CN1C(=O)S/C(=C\c2ccc(C(F)(F)F)cc2)C1=O)c1ccc(Br)cc1. The number of nitrogens with zero attached hydrogens (tertiary/aromatic N) is 1. The van der Waals surface area contributed by atoms with Gasteiger partial charge in [-0.25, -0.2) is 0 Å². The molecule has 9 heteroatoms. The molecular formula is C19H11BrF3NO3S. The Bertz CT molecular complexity index is 969. The van der Waals surface area contributed by atoms with E-state index in [1.165, 1.54) is 18.2 Å². The lowest BCUT2D eigenvalue weighted by Crippen LogP contribution is -2.33. The zero-order valence-electron chi connectivity index (χ0n) is 14.0. The maximum atomic E-state index is 12.6. The summed E-state index contributed by atoms with van der Waals surface area (Å²) in [4.78, 5) is 37.7. The van der Waals surface area contributed by atoms with Gasteiger partial charge < -0.3 is 0 Å². The maximum absolute atomic E-state index is 12.6. The molecule has 2 amide bonds. The van der Waals surface area contributed by atoms with Crippen LogP contribution in [0.25, 0.3) is 6.08 Å². The number of imide groups is 1. The Hall–Kier alpha value is -2.39. The van der Waals surface area contributed by atoms with Crippen LogP contribution in [0.1, 0.15) is 21.5 Å². The van der Waals surface area contributed by atoms with Crippen molar-refractivity contribution in [2.24, 2.45) is 0 Å². The molecule has 0 aromatic heterocycles. The van der Waals surface area contributed by atoms with E-state index < -0.39 is 35.2 Å². The number of rotatable bonds is 4. The Balaban J connectivity index is 1.75. The lowest BCUT2D eigenvalue weighted by Gasteiger charge is -2.11. The minimum absolute atomic E-state index is 0.0494. The largest absolute Gasteiger partial charge is 0.416 e. The van der Waals surface area contributed by atoms with E-state index in [1.54, 1.807) is 24.3 Å². The molecule has 1 saturated heterocycles. The van der Waals surface area contributed by atoms with Crippen molar-refractivity contribution in [1.29, 1.82) is 0 Å². The molecule has 2 aromatic rings. The average molecular weight is 470 g/mol. The molecule has 28 heavy (non-hydrogen) atoms. The second-order valence-corrected chi connectivity index (χ2v) is 7.73. The number of Topliss-reactive ketones (excluding diaryl/α,β-unsaturated/α-hetero) is 1. The number of amides is 2. The van der Waals surface area contributed by atoms with Crippen molar-refractivity contribution in [2.45, 2.75) is 6.18 Å². The van der Waals surface area contributed by atoms with E-state index in [1.807, 2.05) is 0 Å². The summed E-state index contributed by atoms with van der Waals surface area (Å²) in [6, 6.07) is 10.7. The predicted molar refractivity (Wildman–Crippen MR) is 103 cm³/mol. The van der Waals surface area contributed by atoms with Gasteiger partial charge in [0.05, 0.1) is 17.0 Å². The summed E-state index contributed by atoms with van der Waals surface area (Å²) in [5, 5.41) is -0.603. The zero-order chi connectivity index (χ0) is 20.5. The number of hydrogen-bond acceptors (Lipinski definition) is 4.